The van der Waals surface area contributed by atoms with Crippen LogP contribution in [0.2, 0.25) is 0 Å². The molecule has 0 heterocycles. The number of hydrogen-bond donors (Lipinski definition) is 2. The average molecular weight is 311 g/mol. The highest BCUT2D eigenvalue weighted by atomic mass is 32.2. The van der Waals surface area contributed by atoms with Crippen molar-refractivity contribution in [1.82, 2.24) is 5.32 Å². The van der Waals surface area contributed by atoms with Gasteiger partial charge < -0.3 is 15.2 Å². The van der Waals surface area contributed by atoms with Gasteiger partial charge in [0, 0.05) is 17.8 Å². The lowest BCUT2D eigenvalue weighted by atomic mass is 10.0. The fourth-order valence-electron chi connectivity index (χ4n) is 2.28. The summed E-state index contributed by atoms with van der Waals surface area (Å²) in [6.45, 7) is 8.28. The number of benzene rings is 1. The molecule has 0 bridgehead atoms. The zero-order chi connectivity index (χ0) is 15.7. The summed E-state index contributed by atoms with van der Waals surface area (Å²) in [5.41, 5.74) is 1.16. The standard InChI is InChI=1S/C17H29NO2S/c1-5-17(6-2,21-4)13-18-11-15(19)12-20-16-9-7-8-14(3)10-16/h7-10,15,18-19H,5-6,11-13H2,1-4H3. The Morgan fingerprint density at radius 1 is 1.33 bits per heavy atom. The number of hydrogen-bond acceptors (Lipinski definition) is 4. The van der Waals surface area contributed by atoms with Crippen LogP contribution < -0.4 is 10.1 Å². The van der Waals surface area contributed by atoms with Crippen molar-refractivity contribution in [2.45, 2.75) is 44.5 Å². The van der Waals surface area contributed by atoms with E-state index < -0.39 is 6.10 Å². The minimum Gasteiger partial charge on any atom is -0.491 e. The summed E-state index contributed by atoms with van der Waals surface area (Å²) in [4.78, 5) is 0. The molecule has 0 radical (unpaired) electrons. The Balaban J connectivity index is 2.29. The molecule has 1 aromatic carbocycles. The molecule has 0 spiro atoms. The number of thioether (sulfide) groups is 1. The summed E-state index contributed by atoms with van der Waals surface area (Å²) in [7, 11) is 0. The Kier molecular flexibility index (Phi) is 8.15. The molecule has 0 aliphatic carbocycles. The monoisotopic (exact) mass is 311 g/mol. The molecule has 0 saturated carbocycles. The third kappa shape index (κ3) is 6.29. The Bertz CT molecular complexity index is 399. The van der Waals surface area contributed by atoms with Crippen LogP contribution in [0.4, 0.5) is 0 Å². The van der Waals surface area contributed by atoms with E-state index in [-0.39, 0.29) is 4.75 Å². The van der Waals surface area contributed by atoms with Gasteiger partial charge >= 0.3 is 0 Å². The number of aryl methyl sites for hydroxylation is 1. The fourth-order valence-corrected chi connectivity index (χ4v) is 3.11. The Hall–Kier alpha value is -0.710. The number of aliphatic hydroxyl groups excluding tert-OH is 1. The molecule has 2 N–H and O–H groups in total. The molecule has 1 aromatic rings. The van der Waals surface area contributed by atoms with E-state index in [2.05, 4.69) is 25.4 Å². The highest BCUT2D eigenvalue weighted by Gasteiger charge is 2.24. The summed E-state index contributed by atoms with van der Waals surface area (Å²) < 4.78 is 5.89. The van der Waals surface area contributed by atoms with Crippen LogP contribution in [0.3, 0.4) is 0 Å². The average Bonchev–Trinajstić information content (AvgIpc) is 2.50. The van der Waals surface area contributed by atoms with Crippen LogP contribution in [0.15, 0.2) is 24.3 Å². The Labute approximate surface area is 133 Å². The van der Waals surface area contributed by atoms with Crippen molar-refractivity contribution in [1.29, 1.82) is 0 Å². The van der Waals surface area contributed by atoms with Gasteiger partial charge in [0.25, 0.3) is 0 Å². The van der Waals surface area contributed by atoms with Gasteiger partial charge in [0.15, 0.2) is 0 Å². The fraction of sp³-hybridized carbons (Fsp3) is 0.647. The summed E-state index contributed by atoms with van der Waals surface area (Å²) in [5.74, 6) is 0.814. The second-order valence-electron chi connectivity index (χ2n) is 5.51. The van der Waals surface area contributed by atoms with Gasteiger partial charge in [-0.05, 0) is 43.7 Å². The van der Waals surface area contributed by atoms with E-state index in [1.54, 1.807) is 0 Å². The van der Waals surface area contributed by atoms with Crippen molar-refractivity contribution in [2.24, 2.45) is 0 Å². The number of ether oxygens (including phenoxy) is 1. The maximum atomic E-state index is 10.0. The van der Waals surface area contributed by atoms with E-state index in [9.17, 15) is 5.11 Å². The van der Waals surface area contributed by atoms with Crippen molar-refractivity contribution in [2.75, 3.05) is 26.0 Å². The molecule has 0 saturated heterocycles. The predicted octanol–water partition coefficient (Wildman–Crippen LogP) is 3.25. The summed E-state index contributed by atoms with van der Waals surface area (Å²) in [5, 5.41) is 13.4. The molecule has 3 nitrogen and oxygen atoms in total. The Morgan fingerprint density at radius 2 is 2.05 bits per heavy atom. The topological polar surface area (TPSA) is 41.5 Å². The highest BCUT2D eigenvalue weighted by molar-refractivity contribution is 8.00. The van der Waals surface area contributed by atoms with Crippen LogP contribution in [0.1, 0.15) is 32.3 Å². The van der Waals surface area contributed by atoms with E-state index >= 15 is 0 Å². The second-order valence-corrected chi connectivity index (χ2v) is 6.78. The normalized spacial score (nSPS) is 13.2. The maximum absolute atomic E-state index is 10.0. The Morgan fingerprint density at radius 3 is 2.62 bits per heavy atom. The van der Waals surface area contributed by atoms with Crippen LogP contribution in [0.5, 0.6) is 5.75 Å². The van der Waals surface area contributed by atoms with E-state index in [4.69, 9.17) is 4.74 Å². The number of nitrogens with one attached hydrogen (secondary N) is 1. The van der Waals surface area contributed by atoms with Gasteiger partial charge in [0.05, 0.1) is 0 Å². The summed E-state index contributed by atoms with van der Waals surface area (Å²) in [6.07, 6.45) is 3.94. The molecule has 0 amide bonds. The van der Waals surface area contributed by atoms with Gasteiger partial charge in [0.1, 0.15) is 18.5 Å². The third-order valence-corrected chi connectivity index (χ3v) is 5.57. The van der Waals surface area contributed by atoms with Crippen molar-refractivity contribution in [3.05, 3.63) is 29.8 Å². The molecule has 1 unspecified atom stereocenters. The molecule has 0 aromatic heterocycles. The van der Waals surface area contributed by atoms with Crippen LogP contribution in [-0.4, -0.2) is 41.9 Å². The molecule has 0 fully saturated rings. The first-order valence-corrected chi connectivity index (χ1v) is 8.91. The van der Waals surface area contributed by atoms with Gasteiger partial charge in [-0.15, -0.1) is 0 Å². The first kappa shape index (κ1) is 18.3. The van der Waals surface area contributed by atoms with Crippen LogP contribution in [0, 0.1) is 6.92 Å². The molecular weight excluding hydrogens is 282 g/mol. The van der Waals surface area contributed by atoms with Crippen LogP contribution >= 0.6 is 11.8 Å². The maximum Gasteiger partial charge on any atom is 0.119 e. The zero-order valence-electron chi connectivity index (χ0n) is 13.7. The minimum atomic E-state index is -0.487. The van der Waals surface area contributed by atoms with Crippen LogP contribution in [0.25, 0.3) is 0 Å². The molecule has 4 heteroatoms. The summed E-state index contributed by atoms with van der Waals surface area (Å²) in [6, 6.07) is 7.89. The third-order valence-electron chi connectivity index (χ3n) is 3.98. The van der Waals surface area contributed by atoms with E-state index in [0.717, 1.165) is 30.7 Å². The van der Waals surface area contributed by atoms with Gasteiger partial charge in [-0.1, -0.05) is 26.0 Å². The van der Waals surface area contributed by atoms with Crippen molar-refractivity contribution in [3.8, 4) is 5.75 Å². The van der Waals surface area contributed by atoms with Gasteiger partial charge in [-0.2, -0.15) is 11.8 Å². The largest absolute Gasteiger partial charge is 0.491 e. The van der Waals surface area contributed by atoms with Crippen LogP contribution in [-0.2, 0) is 0 Å². The molecule has 0 aliphatic rings. The molecule has 1 atom stereocenters. The SMILES string of the molecule is CCC(CC)(CNCC(O)COc1cccc(C)c1)SC. The minimum absolute atomic E-state index is 0.275. The van der Waals surface area contributed by atoms with Crippen molar-refractivity contribution >= 4 is 11.8 Å². The van der Waals surface area contributed by atoms with E-state index in [0.29, 0.717) is 13.2 Å². The molecule has 0 aliphatic heterocycles. The highest BCUT2D eigenvalue weighted by Crippen LogP contribution is 2.29. The van der Waals surface area contributed by atoms with E-state index in [1.807, 2.05) is 43.0 Å². The molecule has 1 rings (SSSR count). The lowest BCUT2D eigenvalue weighted by Gasteiger charge is -2.30. The van der Waals surface area contributed by atoms with Crippen molar-refractivity contribution in [3.63, 3.8) is 0 Å². The quantitative estimate of drug-likeness (QED) is 0.696. The van der Waals surface area contributed by atoms with Gasteiger partial charge in [-0.25, -0.2) is 0 Å². The predicted molar refractivity (Wildman–Crippen MR) is 92.4 cm³/mol. The number of aliphatic hydroxyl groups is 1. The number of rotatable bonds is 10. The first-order chi connectivity index (χ1) is 10.0. The smallest absolute Gasteiger partial charge is 0.119 e. The zero-order valence-corrected chi connectivity index (χ0v) is 14.5. The van der Waals surface area contributed by atoms with Crippen molar-refractivity contribution < 1.29 is 9.84 Å². The lowest BCUT2D eigenvalue weighted by Crippen LogP contribution is -2.41. The van der Waals surface area contributed by atoms with E-state index in [1.165, 1.54) is 0 Å². The molecule has 120 valence electrons. The molecule has 21 heavy (non-hydrogen) atoms. The summed E-state index contributed by atoms with van der Waals surface area (Å²) >= 11 is 1.91. The first-order valence-electron chi connectivity index (χ1n) is 7.68. The lowest BCUT2D eigenvalue weighted by molar-refractivity contribution is 0.106. The second kappa shape index (κ2) is 9.34. The van der Waals surface area contributed by atoms with Gasteiger partial charge in [0.2, 0.25) is 0 Å². The van der Waals surface area contributed by atoms with Gasteiger partial charge in [-0.3, -0.25) is 0 Å². The molecular formula is C17H29NO2S.